The van der Waals surface area contributed by atoms with Crippen LogP contribution in [0.3, 0.4) is 0 Å². The summed E-state index contributed by atoms with van der Waals surface area (Å²) in [4.78, 5) is 8.74. The van der Waals surface area contributed by atoms with E-state index in [1.165, 1.54) is 0 Å². The number of pyridine rings is 1. The highest BCUT2D eigenvalue weighted by Gasteiger charge is 2.15. The topological polar surface area (TPSA) is 54.5 Å². The van der Waals surface area contributed by atoms with Gasteiger partial charge in [-0.25, -0.2) is 4.98 Å². The van der Waals surface area contributed by atoms with Crippen molar-refractivity contribution < 1.29 is 0 Å². The molecule has 0 spiro atoms. The summed E-state index contributed by atoms with van der Waals surface area (Å²) in [6.45, 7) is 4.26. The van der Waals surface area contributed by atoms with E-state index in [4.69, 9.17) is 10.2 Å². The Morgan fingerprint density at radius 3 is 2.55 bits per heavy atom. The second kappa shape index (κ2) is 4.78. The average molecular weight is 262 g/mol. The van der Waals surface area contributed by atoms with Gasteiger partial charge in [-0.1, -0.05) is 0 Å². The lowest BCUT2D eigenvalue weighted by atomic mass is 10.2. The van der Waals surface area contributed by atoms with E-state index in [1.807, 2.05) is 30.3 Å². The molecule has 3 aromatic rings. The van der Waals surface area contributed by atoms with E-state index in [0.29, 0.717) is 5.56 Å². The Bertz CT molecular complexity index is 794. The first-order valence-electron chi connectivity index (χ1n) is 6.53. The zero-order valence-electron chi connectivity index (χ0n) is 11.4. The van der Waals surface area contributed by atoms with Gasteiger partial charge in [0.1, 0.15) is 5.82 Å². The Hall–Kier alpha value is -2.67. The highest BCUT2D eigenvalue weighted by Crippen LogP contribution is 2.28. The number of nitrogens with zero attached hydrogens (tertiary/aromatic N) is 4. The zero-order chi connectivity index (χ0) is 14.1. The summed E-state index contributed by atoms with van der Waals surface area (Å²) < 4.78 is 2.19. The summed E-state index contributed by atoms with van der Waals surface area (Å²) in [6, 6.07) is 12.0. The molecule has 2 aromatic heterocycles. The number of aromatic nitrogens is 3. The molecule has 0 aliphatic heterocycles. The monoisotopic (exact) mass is 262 g/mol. The molecule has 0 bridgehead atoms. The summed E-state index contributed by atoms with van der Waals surface area (Å²) in [5, 5.41) is 9.01. The van der Waals surface area contributed by atoms with E-state index in [0.717, 1.165) is 22.4 Å². The standard InChI is InChI=1S/C16H14N4/c1-11(2)20-15-4-3-12(10-17)9-14(15)19-16(20)13-5-7-18-8-6-13/h3-9,11H,1-2H3. The van der Waals surface area contributed by atoms with Crippen LogP contribution in [0, 0.1) is 11.3 Å². The van der Waals surface area contributed by atoms with Crippen LogP contribution in [0.2, 0.25) is 0 Å². The van der Waals surface area contributed by atoms with Gasteiger partial charge in [-0.2, -0.15) is 5.26 Å². The maximum Gasteiger partial charge on any atom is 0.141 e. The van der Waals surface area contributed by atoms with Crippen molar-refractivity contribution >= 4 is 11.0 Å². The molecule has 98 valence electrons. The number of fused-ring (bicyclic) bond motifs is 1. The second-order valence-electron chi connectivity index (χ2n) is 4.95. The molecule has 0 saturated carbocycles. The van der Waals surface area contributed by atoms with E-state index in [1.54, 1.807) is 12.4 Å². The van der Waals surface area contributed by atoms with Crippen molar-refractivity contribution in [2.75, 3.05) is 0 Å². The molecule has 0 radical (unpaired) electrons. The Morgan fingerprint density at radius 2 is 1.90 bits per heavy atom. The maximum absolute atomic E-state index is 9.01. The van der Waals surface area contributed by atoms with Crippen LogP contribution >= 0.6 is 0 Å². The largest absolute Gasteiger partial charge is 0.321 e. The number of rotatable bonds is 2. The van der Waals surface area contributed by atoms with Crippen molar-refractivity contribution in [1.29, 1.82) is 5.26 Å². The molecular weight excluding hydrogens is 248 g/mol. The number of hydrogen-bond donors (Lipinski definition) is 0. The first-order chi connectivity index (χ1) is 9.70. The van der Waals surface area contributed by atoms with Gasteiger partial charge >= 0.3 is 0 Å². The SMILES string of the molecule is CC(C)n1c(-c2ccncc2)nc2cc(C#N)ccc21. The molecule has 0 saturated heterocycles. The fourth-order valence-electron chi connectivity index (χ4n) is 2.40. The van der Waals surface area contributed by atoms with Gasteiger partial charge in [-0.3, -0.25) is 4.98 Å². The summed E-state index contributed by atoms with van der Waals surface area (Å²) in [6.07, 6.45) is 3.53. The molecule has 2 heterocycles. The van der Waals surface area contributed by atoms with Crippen molar-refractivity contribution in [3.8, 4) is 17.5 Å². The average Bonchev–Trinajstić information content (AvgIpc) is 2.86. The molecule has 0 atom stereocenters. The fourth-order valence-corrected chi connectivity index (χ4v) is 2.40. The number of nitriles is 1. The van der Waals surface area contributed by atoms with Crippen molar-refractivity contribution in [1.82, 2.24) is 14.5 Å². The van der Waals surface area contributed by atoms with Crippen LogP contribution in [0.1, 0.15) is 25.5 Å². The molecule has 0 N–H and O–H groups in total. The third-order valence-electron chi connectivity index (χ3n) is 3.27. The first kappa shape index (κ1) is 12.4. The van der Waals surface area contributed by atoms with Gasteiger partial charge in [0.25, 0.3) is 0 Å². The summed E-state index contributed by atoms with van der Waals surface area (Å²) in [5.74, 6) is 0.910. The Balaban J connectivity index is 2.32. The Kier molecular flexibility index (Phi) is 2.96. The van der Waals surface area contributed by atoms with Crippen LogP contribution in [-0.2, 0) is 0 Å². The lowest BCUT2D eigenvalue weighted by Crippen LogP contribution is -2.03. The van der Waals surface area contributed by atoms with Gasteiger partial charge in [0.15, 0.2) is 0 Å². The van der Waals surface area contributed by atoms with Crippen LogP contribution in [-0.4, -0.2) is 14.5 Å². The van der Waals surface area contributed by atoms with Crippen molar-refractivity contribution in [3.05, 3.63) is 48.3 Å². The lowest BCUT2D eigenvalue weighted by Gasteiger charge is -2.12. The number of hydrogen-bond acceptors (Lipinski definition) is 3. The highest BCUT2D eigenvalue weighted by molar-refractivity contribution is 5.82. The molecule has 1 aromatic carbocycles. The number of benzene rings is 1. The van der Waals surface area contributed by atoms with E-state index >= 15 is 0 Å². The zero-order valence-corrected chi connectivity index (χ0v) is 11.4. The van der Waals surface area contributed by atoms with Gasteiger partial charge in [-0.15, -0.1) is 0 Å². The number of imidazole rings is 1. The van der Waals surface area contributed by atoms with E-state index < -0.39 is 0 Å². The van der Waals surface area contributed by atoms with Gasteiger partial charge < -0.3 is 4.57 Å². The molecule has 20 heavy (non-hydrogen) atoms. The predicted molar refractivity (Wildman–Crippen MR) is 78.1 cm³/mol. The molecular formula is C16H14N4. The summed E-state index contributed by atoms with van der Waals surface area (Å²) in [7, 11) is 0. The fraction of sp³-hybridized carbons (Fsp3) is 0.188. The predicted octanol–water partition coefficient (Wildman–Crippen LogP) is 3.55. The van der Waals surface area contributed by atoms with Gasteiger partial charge in [-0.05, 0) is 44.2 Å². The molecule has 0 fully saturated rings. The molecule has 0 unspecified atom stereocenters. The minimum atomic E-state index is 0.288. The molecule has 3 rings (SSSR count). The first-order valence-corrected chi connectivity index (χ1v) is 6.53. The molecule has 0 amide bonds. The van der Waals surface area contributed by atoms with Crippen molar-refractivity contribution in [3.63, 3.8) is 0 Å². The molecule has 4 nitrogen and oxygen atoms in total. The minimum absolute atomic E-state index is 0.288. The lowest BCUT2D eigenvalue weighted by molar-refractivity contribution is 0.624. The normalized spacial score (nSPS) is 10.9. The van der Waals surface area contributed by atoms with Crippen LogP contribution < -0.4 is 0 Å². The molecule has 0 aliphatic carbocycles. The Morgan fingerprint density at radius 1 is 1.15 bits per heavy atom. The van der Waals surface area contributed by atoms with Gasteiger partial charge in [0, 0.05) is 24.0 Å². The van der Waals surface area contributed by atoms with Crippen LogP contribution in [0.5, 0.6) is 0 Å². The Labute approximate surface area is 117 Å². The smallest absolute Gasteiger partial charge is 0.141 e. The van der Waals surface area contributed by atoms with Crippen molar-refractivity contribution in [2.24, 2.45) is 0 Å². The summed E-state index contributed by atoms with van der Waals surface area (Å²) >= 11 is 0. The summed E-state index contributed by atoms with van der Waals surface area (Å²) in [5.41, 5.74) is 3.56. The van der Waals surface area contributed by atoms with Crippen LogP contribution in [0.25, 0.3) is 22.4 Å². The quantitative estimate of drug-likeness (QED) is 0.709. The minimum Gasteiger partial charge on any atom is -0.321 e. The van der Waals surface area contributed by atoms with E-state index in [2.05, 4.69) is 29.5 Å². The molecule has 4 heteroatoms. The van der Waals surface area contributed by atoms with Gasteiger partial charge in [0.2, 0.25) is 0 Å². The van der Waals surface area contributed by atoms with E-state index in [9.17, 15) is 0 Å². The van der Waals surface area contributed by atoms with Crippen LogP contribution in [0.15, 0.2) is 42.7 Å². The molecule has 0 aliphatic rings. The highest BCUT2D eigenvalue weighted by atomic mass is 15.1. The van der Waals surface area contributed by atoms with Crippen molar-refractivity contribution in [2.45, 2.75) is 19.9 Å². The third-order valence-corrected chi connectivity index (χ3v) is 3.27. The van der Waals surface area contributed by atoms with Gasteiger partial charge in [0.05, 0.1) is 22.7 Å². The van der Waals surface area contributed by atoms with E-state index in [-0.39, 0.29) is 6.04 Å². The maximum atomic E-state index is 9.01. The third kappa shape index (κ3) is 1.94. The van der Waals surface area contributed by atoms with Crippen LogP contribution in [0.4, 0.5) is 0 Å². The second-order valence-corrected chi connectivity index (χ2v) is 4.95.